The molecular formula is C12H24N4OS. The van der Waals surface area contributed by atoms with Crippen molar-refractivity contribution < 1.29 is 4.74 Å². The quantitative estimate of drug-likeness (QED) is 0.739. The zero-order valence-corrected chi connectivity index (χ0v) is 12.6. The average molecular weight is 272 g/mol. The van der Waals surface area contributed by atoms with Crippen molar-refractivity contribution in [1.29, 1.82) is 0 Å². The van der Waals surface area contributed by atoms with Crippen LogP contribution in [0.1, 0.15) is 33.6 Å². The van der Waals surface area contributed by atoms with Crippen LogP contribution in [-0.4, -0.2) is 41.1 Å². The average Bonchev–Trinajstić information content (AvgIpc) is 2.75. The molecule has 1 aromatic heterocycles. The van der Waals surface area contributed by atoms with E-state index in [0.29, 0.717) is 17.4 Å². The highest BCUT2D eigenvalue weighted by Gasteiger charge is 2.20. The predicted octanol–water partition coefficient (Wildman–Crippen LogP) is 2.60. The number of nitrogens with zero attached hydrogens (tertiary/aromatic N) is 3. The Bertz CT molecular complexity index is 397. The molecule has 0 unspecified atom stereocenters. The SMILES string of the molecule is CCC(CC)N(CCOC)c1n[nH]c(=S)n1CC. The summed E-state index contributed by atoms with van der Waals surface area (Å²) in [6, 6.07) is 0.468. The van der Waals surface area contributed by atoms with Gasteiger partial charge in [-0.05, 0) is 32.0 Å². The van der Waals surface area contributed by atoms with Crippen LogP contribution in [0.3, 0.4) is 0 Å². The van der Waals surface area contributed by atoms with Crippen LogP contribution in [0, 0.1) is 4.77 Å². The van der Waals surface area contributed by atoms with Gasteiger partial charge in [-0.2, -0.15) is 0 Å². The van der Waals surface area contributed by atoms with Crippen LogP contribution >= 0.6 is 12.2 Å². The number of aromatic amines is 1. The van der Waals surface area contributed by atoms with E-state index in [1.807, 2.05) is 4.57 Å². The molecule has 0 aliphatic rings. The van der Waals surface area contributed by atoms with E-state index in [2.05, 4.69) is 35.9 Å². The minimum Gasteiger partial charge on any atom is -0.383 e. The van der Waals surface area contributed by atoms with Gasteiger partial charge in [0.2, 0.25) is 5.95 Å². The van der Waals surface area contributed by atoms with Crippen molar-refractivity contribution in [2.45, 2.75) is 46.2 Å². The second kappa shape index (κ2) is 7.53. The van der Waals surface area contributed by atoms with Crippen LogP contribution < -0.4 is 4.90 Å². The lowest BCUT2D eigenvalue weighted by atomic mass is 10.1. The van der Waals surface area contributed by atoms with Gasteiger partial charge in [0.25, 0.3) is 0 Å². The molecular weight excluding hydrogens is 248 g/mol. The smallest absolute Gasteiger partial charge is 0.226 e. The Morgan fingerprint density at radius 3 is 2.56 bits per heavy atom. The second-order valence-corrected chi connectivity index (χ2v) is 4.62. The van der Waals surface area contributed by atoms with E-state index in [1.54, 1.807) is 7.11 Å². The van der Waals surface area contributed by atoms with Crippen molar-refractivity contribution in [2.75, 3.05) is 25.2 Å². The van der Waals surface area contributed by atoms with Gasteiger partial charge < -0.3 is 9.64 Å². The molecule has 0 radical (unpaired) electrons. The van der Waals surface area contributed by atoms with Crippen molar-refractivity contribution >= 4 is 18.2 Å². The van der Waals surface area contributed by atoms with Crippen molar-refractivity contribution in [2.24, 2.45) is 0 Å². The molecule has 0 aromatic carbocycles. The standard InChI is InChI=1S/C12H24N4OS/c1-5-10(6-2)16(8-9-17-4)11-13-14-12(18)15(11)7-3/h10H,5-9H2,1-4H3,(H,14,18). The molecule has 0 aliphatic heterocycles. The highest BCUT2D eigenvalue weighted by Crippen LogP contribution is 2.18. The minimum atomic E-state index is 0.468. The molecule has 0 saturated carbocycles. The Balaban J connectivity index is 3.03. The van der Waals surface area contributed by atoms with E-state index in [0.717, 1.165) is 31.9 Å². The van der Waals surface area contributed by atoms with E-state index in [9.17, 15) is 0 Å². The molecule has 0 fully saturated rings. The van der Waals surface area contributed by atoms with Gasteiger partial charge >= 0.3 is 0 Å². The van der Waals surface area contributed by atoms with E-state index < -0.39 is 0 Å². The molecule has 1 heterocycles. The normalized spacial score (nSPS) is 11.2. The molecule has 1 aromatic rings. The molecule has 1 rings (SSSR count). The zero-order valence-electron chi connectivity index (χ0n) is 11.8. The Labute approximate surface area is 114 Å². The molecule has 0 spiro atoms. The maximum Gasteiger partial charge on any atom is 0.226 e. The molecule has 1 N–H and O–H groups in total. The largest absolute Gasteiger partial charge is 0.383 e. The van der Waals surface area contributed by atoms with Crippen LogP contribution in [0.25, 0.3) is 0 Å². The Hall–Kier alpha value is -0.880. The third-order valence-electron chi connectivity index (χ3n) is 3.23. The van der Waals surface area contributed by atoms with Crippen molar-refractivity contribution in [1.82, 2.24) is 14.8 Å². The lowest BCUT2D eigenvalue weighted by molar-refractivity contribution is 0.202. The van der Waals surface area contributed by atoms with Gasteiger partial charge in [-0.15, -0.1) is 5.10 Å². The maximum absolute atomic E-state index is 5.25. The molecule has 104 valence electrons. The lowest BCUT2D eigenvalue weighted by Crippen LogP contribution is -2.39. The van der Waals surface area contributed by atoms with Gasteiger partial charge in [0.15, 0.2) is 4.77 Å². The zero-order chi connectivity index (χ0) is 13.5. The molecule has 18 heavy (non-hydrogen) atoms. The summed E-state index contributed by atoms with van der Waals surface area (Å²) in [6.07, 6.45) is 2.17. The van der Waals surface area contributed by atoms with E-state index in [1.165, 1.54) is 0 Å². The van der Waals surface area contributed by atoms with E-state index >= 15 is 0 Å². The van der Waals surface area contributed by atoms with Crippen LogP contribution in [0.4, 0.5) is 5.95 Å². The molecule has 0 amide bonds. The maximum atomic E-state index is 5.25. The number of rotatable bonds is 8. The summed E-state index contributed by atoms with van der Waals surface area (Å²) in [7, 11) is 1.72. The monoisotopic (exact) mass is 272 g/mol. The van der Waals surface area contributed by atoms with Crippen molar-refractivity contribution in [3.05, 3.63) is 4.77 Å². The first-order valence-electron chi connectivity index (χ1n) is 6.60. The fourth-order valence-electron chi connectivity index (χ4n) is 2.18. The van der Waals surface area contributed by atoms with Crippen molar-refractivity contribution in [3.8, 4) is 0 Å². The van der Waals surface area contributed by atoms with Gasteiger partial charge in [0.05, 0.1) is 6.61 Å². The summed E-state index contributed by atoms with van der Waals surface area (Å²) < 4.78 is 7.91. The molecule has 0 bridgehead atoms. The van der Waals surface area contributed by atoms with Gasteiger partial charge in [0.1, 0.15) is 0 Å². The first kappa shape index (κ1) is 15.2. The van der Waals surface area contributed by atoms with Gasteiger partial charge in [-0.3, -0.25) is 4.57 Å². The predicted molar refractivity (Wildman–Crippen MR) is 76.7 cm³/mol. The number of hydrogen-bond donors (Lipinski definition) is 1. The lowest BCUT2D eigenvalue weighted by Gasteiger charge is -2.31. The summed E-state index contributed by atoms with van der Waals surface area (Å²) in [5.74, 6) is 0.924. The summed E-state index contributed by atoms with van der Waals surface area (Å²) in [4.78, 5) is 2.29. The van der Waals surface area contributed by atoms with E-state index in [4.69, 9.17) is 17.0 Å². The number of nitrogens with one attached hydrogen (secondary N) is 1. The fraction of sp³-hybridized carbons (Fsp3) is 0.833. The van der Waals surface area contributed by atoms with Crippen LogP contribution in [0.15, 0.2) is 0 Å². The number of methoxy groups -OCH3 is 1. The summed E-state index contributed by atoms with van der Waals surface area (Å²) in [6.45, 7) is 8.84. The Morgan fingerprint density at radius 1 is 1.39 bits per heavy atom. The number of hydrogen-bond acceptors (Lipinski definition) is 4. The summed E-state index contributed by atoms with van der Waals surface area (Å²) >= 11 is 5.25. The highest BCUT2D eigenvalue weighted by atomic mass is 32.1. The first-order chi connectivity index (χ1) is 8.69. The van der Waals surface area contributed by atoms with Crippen LogP contribution in [-0.2, 0) is 11.3 Å². The van der Waals surface area contributed by atoms with Gasteiger partial charge in [-0.1, -0.05) is 13.8 Å². The fourth-order valence-corrected chi connectivity index (χ4v) is 2.44. The molecule has 5 nitrogen and oxygen atoms in total. The number of aromatic nitrogens is 3. The van der Waals surface area contributed by atoms with E-state index in [-0.39, 0.29) is 0 Å². The summed E-state index contributed by atoms with van der Waals surface area (Å²) in [5.41, 5.74) is 0. The highest BCUT2D eigenvalue weighted by molar-refractivity contribution is 7.71. The Morgan fingerprint density at radius 2 is 2.06 bits per heavy atom. The minimum absolute atomic E-state index is 0.468. The number of H-pyrrole nitrogens is 1. The van der Waals surface area contributed by atoms with Gasteiger partial charge in [0, 0.05) is 26.2 Å². The second-order valence-electron chi connectivity index (χ2n) is 4.23. The summed E-state index contributed by atoms with van der Waals surface area (Å²) in [5, 5.41) is 7.25. The Kier molecular flexibility index (Phi) is 6.35. The third kappa shape index (κ3) is 3.32. The number of ether oxygens (including phenoxy) is 1. The van der Waals surface area contributed by atoms with Gasteiger partial charge in [-0.25, -0.2) is 5.10 Å². The van der Waals surface area contributed by atoms with Crippen molar-refractivity contribution in [3.63, 3.8) is 0 Å². The molecule has 0 saturated heterocycles. The van der Waals surface area contributed by atoms with Crippen LogP contribution in [0.5, 0.6) is 0 Å². The topological polar surface area (TPSA) is 46.1 Å². The number of anilines is 1. The third-order valence-corrected chi connectivity index (χ3v) is 3.54. The van der Waals surface area contributed by atoms with Crippen LogP contribution in [0.2, 0.25) is 0 Å². The molecule has 0 aliphatic carbocycles. The first-order valence-corrected chi connectivity index (χ1v) is 7.01. The molecule has 0 atom stereocenters. The molecule has 6 heteroatoms.